The number of carbonyl (C=O) groups excluding carboxylic acids is 1. The SMILES string of the molecule is CCCCCCCC(CCCCCC(C)C)OC(=O)c1ccc(C(=O)O)cc1. The van der Waals surface area contributed by atoms with Gasteiger partial charge in [-0.15, -0.1) is 0 Å². The van der Waals surface area contributed by atoms with E-state index in [1.165, 1.54) is 69.2 Å². The summed E-state index contributed by atoms with van der Waals surface area (Å²) in [4.78, 5) is 23.4. The third kappa shape index (κ3) is 10.5. The van der Waals surface area contributed by atoms with E-state index in [9.17, 15) is 9.59 Å². The van der Waals surface area contributed by atoms with Gasteiger partial charge in [0.2, 0.25) is 0 Å². The summed E-state index contributed by atoms with van der Waals surface area (Å²) in [6.07, 6.45) is 12.5. The van der Waals surface area contributed by atoms with Crippen molar-refractivity contribution in [3.8, 4) is 0 Å². The number of carbonyl (C=O) groups is 2. The van der Waals surface area contributed by atoms with E-state index in [-0.39, 0.29) is 17.6 Å². The maximum Gasteiger partial charge on any atom is 0.338 e. The molecule has 1 N–H and O–H groups in total. The zero-order valence-corrected chi connectivity index (χ0v) is 17.9. The van der Waals surface area contributed by atoms with E-state index < -0.39 is 5.97 Å². The Hall–Kier alpha value is -1.84. The zero-order chi connectivity index (χ0) is 20.8. The molecule has 1 aromatic rings. The summed E-state index contributed by atoms with van der Waals surface area (Å²) in [5, 5.41) is 8.98. The van der Waals surface area contributed by atoms with Crippen molar-refractivity contribution in [1.29, 1.82) is 0 Å². The number of rotatable bonds is 15. The fourth-order valence-corrected chi connectivity index (χ4v) is 3.31. The lowest BCUT2D eigenvalue weighted by Crippen LogP contribution is -2.18. The summed E-state index contributed by atoms with van der Waals surface area (Å²) in [5.74, 6) is -0.607. The smallest absolute Gasteiger partial charge is 0.338 e. The number of ether oxygens (including phenoxy) is 1. The molecular weight excluding hydrogens is 352 g/mol. The highest BCUT2D eigenvalue weighted by molar-refractivity contribution is 5.92. The molecule has 0 saturated carbocycles. The number of esters is 1. The molecule has 0 aromatic heterocycles. The van der Waals surface area contributed by atoms with Crippen molar-refractivity contribution in [2.24, 2.45) is 5.92 Å². The van der Waals surface area contributed by atoms with Crippen LogP contribution in [0.25, 0.3) is 0 Å². The minimum Gasteiger partial charge on any atom is -0.478 e. The highest BCUT2D eigenvalue weighted by atomic mass is 16.5. The number of aromatic carboxylic acids is 1. The van der Waals surface area contributed by atoms with Crippen molar-refractivity contribution >= 4 is 11.9 Å². The molecule has 1 atom stereocenters. The van der Waals surface area contributed by atoms with Gasteiger partial charge in [0.05, 0.1) is 11.1 Å². The molecule has 0 spiro atoms. The van der Waals surface area contributed by atoms with Crippen LogP contribution < -0.4 is 0 Å². The van der Waals surface area contributed by atoms with E-state index in [2.05, 4.69) is 20.8 Å². The molecule has 0 saturated heterocycles. The Labute approximate surface area is 170 Å². The van der Waals surface area contributed by atoms with Crippen LogP contribution in [0.2, 0.25) is 0 Å². The molecule has 0 aliphatic carbocycles. The predicted octanol–water partition coefficient (Wildman–Crippen LogP) is 6.88. The average molecular weight is 391 g/mol. The van der Waals surface area contributed by atoms with Gasteiger partial charge in [0.15, 0.2) is 0 Å². The van der Waals surface area contributed by atoms with E-state index in [1.807, 2.05) is 0 Å². The van der Waals surface area contributed by atoms with Gasteiger partial charge >= 0.3 is 11.9 Å². The lowest BCUT2D eigenvalue weighted by atomic mass is 10.0. The van der Waals surface area contributed by atoms with Crippen LogP contribution >= 0.6 is 0 Å². The third-order valence-corrected chi connectivity index (χ3v) is 5.08. The van der Waals surface area contributed by atoms with Crippen molar-refractivity contribution in [2.75, 3.05) is 0 Å². The molecule has 0 aliphatic heterocycles. The Morgan fingerprint density at radius 1 is 0.821 bits per heavy atom. The first-order chi connectivity index (χ1) is 13.4. The van der Waals surface area contributed by atoms with Crippen LogP contribution in [-0.4, -0.2) is 23.1 Å². The first kappa shape index (κ1) is 24.2. The maximum absolute atomic E-state index is 12.5. The van der Waals surface area contributed by atoms with Crippen LogP contribution in [0.3, 0.4) is 0 Å². The fourth-order valence-electron chi connectivity index (χ4n) is 3.31. The van der Waals surface area contributed by atoms with Crippen molar-refractivity contribution in [3.63, 3.8) is 0 Å². The molecule has 28 heavy (non-hydrogen) atoms. The number of carboxylic acid groups (broad SMARTS) is 1. The predicted molar refractivity (Wildman–Crippen MR) is 114 cm³/mol. The molecule has 158 valence electrons. The number of unbranched alkanes of at least 4 members (excludes halogenated alkanes) is 6. The minimum absolute atomic E-state index is 0.0488. The van der Waals surface area contributed by atoms with Crippen molar-refractivity contribution in [1.82, 2.24) is 0 Å². The highest BCUT2D eigenvalue weighted by Gasteiger charge is 2.16. The molecule has 1 aromatic carbocycles. The molecule has 0 bridgehead atoms. The zero-order valence-electron chi connectivity index (χ0n) is 17.9. The Morgan fingerprint density at radius 2 is 1.32 bits per heavy atom. The van der Waals surface area contributed by atoms with Gasteiger partial charge in [0.25, 0.3) is 0 Å². The van der Waals surface area contributed by atoms with Gasteiger partial charge < -0.3 is 9.84 Å². The van der Waals surface area contributed by atoms with Gasteiger partial charge in [0, 0.05) is 0 Å². The Kier molecular flexibility index (Phi) is 12.3. The average Bonchev–Trinajstić information content (AvgIpc) is 2.67. The second-order valence-electron chi connectivity index (χ2n) is 8.14. The van der Waals surface area contributed by atoms with Crippen LogP contribution in [0, 0.1) is 5.92 Å². The summed E-state index contributed by atoms with van der Waals surface area (Å²) in [5.41, 5.74) is 0.593. The van der Waals surface area contributed by atoms with Crippen molar-refractivity contribution < 1.29 is 19.4 Å². The molecule has 4 nitrogen and oxygen atoms in total. The van der Waals surface area contributed by atoms with Crippen molar-refractivity contribution in [2.45, 2.75) is 97.5 Å². The Bertz CT molecular complexity index is 562. The van der Waals surface area contributed by atoms with Gasteiger partial charge in [-0.25, -0.2) is 9.59 Å². The summed E-state index contributed by atoms with van der Waals surface area (Å²) in [6, 6.07) is 5.97. The molecule has 1 unspecified atom stereocenters. The maximum atomic E-state index is 12.5. The topological polar surface area (TPSA) is 63.6 Å². The third-order valence-electron chi connectivity index (χ3n) is 5.08. The first-order valence-electron chi connectivity index (χ1n) is 11.0. The lowest BCUT2D eigenvalue weighted by Gasteiger charge is -2.18. The molecule has 0 heterocycles. The first-order valence-corrected chi connectivity index (χ1v) is 11.0. The lowest BCUT2D eigenvalue weighted by molar-refractivity contribution is 0.0248. The monoisotopic (exact) mass is 390 g/mol. The second-order valence-corrected chi connectivity index (χ2v) is 8.14. The number of benzene rings is 1. The molecule has 4 heteroatoms. The summed E-state index contributed by atoms with van der Waals surface area (Å²) in [6.45, 7) is 6.70. The molecule has 0 fully saturated rings. The highest BCUT2D eigenvalue weighted by Crippen LogP contribution is 2.18. The molecular formula is C24H38O4. The van der Waals surface area contributed by atoms with E-state index >= 15 is 0 Å². The largest absolute Gasteiger partial charge is 0.478 e. The van der Waals surface area contributed by atoms with E-state index in [0.29, 0.717) is 5.56 Å². The van der Waals surface area contributed by atoms with Crippen LogP contribution in [0.1, 0.15) is 112 Å². The van der Waals surface area contributed by atoms with Gasteiger partial charge in [-0.1, -0.05) is 65.7 Å². The van der Waals surface area contributed by atoms with Crippen LogP contribution in [0.5, 0.6) is 0 Å². The number of carboxylic acids is 1. The molecule has 0 radical (unpaired) electrons. The van der Waals surface area contributed by atoms with Crippen LogP contribution in [0.4, 0.5) is 0 Å². The standard InChI is InChI=1S/C24H38O4/c1-4-5-6-7-10-13-22(14-11-8-9-12-19(2)3)28-24(27)21-17-15-20(16-18-21)23(25)26/h15-19,22H,4-14H2,1-3H3,(H,25,26). The quantitative estimate of drug-likeness (QED) is 0.262. The molecule has 0 amide bonds. The van der Waals surface area contributed by atoms with Crippen LogP contribution in [0.15, 0.2) is 24.3 Å². The van der Waals surface area contributed by atoms with Crippen LogP contribution in [-0.2, 0) is 4.74 Å². The van der Waals surface area contributed by atoms with E-state index in [4.69, 9.17) is 9.84 Å². The fraction of sp³-hybridized carbons (Fsp3) is 0.667. The van der Waals surface area contributed by atoms with E-state index in [1.54, 1.807) is 0 Å². The van der Waals surface area contributed by atoms with E-state index in [0.717, 1.165) is 31.6 Å². The Morgan fingerprint density at radius 3 is 1.86 bits per heavy atom. The number of hydrogen-bond donors (Lipinski definition) is 1. The molecule has 1 rings (SSSR count). The van der Waals surface area contributed by atoms with Gasteiger partial charge in [-0.05, 0) is 55.9 Å². The van der Waals surface area contributed by atoms with Gasteiger partial charge in [-0.3, -0.25) is 0 Å². The van der Waals surface area contributed by atoms with Crippen molar-refractivity contribution in [3.05, 3.63) is 35.4 Å². The normalized spacial score (nSPS) is 12.1. The summed E-state index contributed by atoms with van der Waals surface area (Å²) in [7, 11) is 0. The number of hydrogen-bond acceptors (Lipinski definition) is 3. The van der Waals surface area contributed by atoms with Gasteiger partial charge in [0.1, 0.15) is 6.10 Å². The van der Waals surface area contributed by atoms with Gasteiger partial charge in [-0.2, -0.15) is 0 Å². The summed E-state index contributed by atoms with van der Waals surface area (Å²) >= 11 is 0. The summed E-state index contributed by atoms with van der Waals surface area (Å²) < 4.78 is 5.78. The Balaban J connectivity index is 2.53. The minimum atomic E-state index is -0.994. The second kappa shape index (κ2) is 14.2. The molecule has 0 aliphatic rings.